The van der Waals surface area contributed by atoms with Crippen molar-refractivity contribution in [3.05, 3.63) is 95.1 Å². The van der Waals surface area contributed by atoms with Gasteiger partial charge in [-0.15, -0.1) is 0 Å². The van der Waals surface area contributed by atoms with Crippen molar-refractivity contribution in [1.29, 1.82) is 0 Å². The first kappa shape index (κ1) is 29.7. The third-order valence-corrected chi connectivity index (χ3v) is 7.19. The van der Waals surface area contributed by atoms with Crippen molar-refractivity contribution in [2.24, 2.45) is 5.92 Å². The second-order valence-corrected chi connectivity index (χ2v) is 10.2. The minimum Gasteiger partial charge on any atom is -0.491 e. The van der Waals surface area contributed by atoms with E-state index in [2.05, 4.69) is 5.32 Å². The van der Waals surface area contributed by atoms with E-state index < -0.39 is 35.6 Å². The lowest BCUT2D eigenvalue weighted by atomic mass is 10.0. The Morgan fingerprint density at radius 3 is 2.22 bits per heavy atom. The summed E-state index contributed by atoms with van der Waals surface area (Å²) in [6, 6.07) is 15.4. The molecule has 0 saturated carbocycles. The predicted molar refractivity (Wildman–Crippen MR) is 150 cm³/mol. The van der Waals surface area contributed by atoms with Crippen LogP contribution in [-0.4, -0.2) is 73.5 Å². The fraction of sp³-hybridized carbons (Fsp3) is 0.323. The fourth-order valence-corrected chi connectivity index (χ4v) is 4.77. The van der Waals surface area contributed by atoms with Gasteiger partial charge in [-0.05, 0) is 43.3 Å². The van der Waals surface area contributed by atoms with Gasteiger partial charge in [0, 0.05) is 44.9 Å². The molecule has 3 atom stereocenters. The minimum absolute atomic E-state index is 0.0285. The Balaban J connectivity index is 1.68. The van der Waals surface area contributed by atoms with E-state index in [1.54, 1.807) is 38.1 Å². The van der Waals surface area contributed by atoms with E-state index in [0.29, 0.717) is 0 Å². The van der Waals surface area contributed by atoms with E-state index in [-0.39, 0.29) is 59.6 Å². The summed E-state index contributed by atoms with van der Waals surface area (Å²) in [5.74, 6) is -2.81. The van der Waals surface area contributed by atoms with Gasteiger partial charge in [-0.1, -0.05) is 31.2 Å². The van der Waals surface area contributed by atoms with E-state index in [4.69, 9.17) is 9.47 Å². The molecule has 0 aromatic heterocycles. The van der Waals surface area contributed by atoms with Crippen LogP contribution in [0.3, 0.4) is 0 Å². The number of anilines is 1. The number of rotatable bonds is 4. The average molecular weight is 566 g/mol. The summed E-state index contributed by atoms with van der Waals surface area (Å²) in [4.78, 5) is 42.7. The molecule has 8 nitrogen and oxygen atoms in total. The number of hydrogen-bond donors (Lipinski definition) is 1. The van der Waals surface area contributed by atoms with Crippen LogP contribution in [0.5, 0.6) is 5.75 Å². The van der Waals surface area contributed by atoms with Gasteiger partial charge in [-0.25, -0.2) is 8.78 Å². The number of likely N-dealkylation sites (N-methyl/N-ethyl adjacent to an activating group) is 1. The first-order valence-electron chi connectivity index (χ1n) is 13.3. The van der Waals surface area contributed by atoms with Gasteiger partial charge in [-0.3, -0.25) is 14.4 Å². The largest absolute Gasteiger partial charge is 0.491 e. The van der Waals surface area contributed by atoms with Crippen molar-refractivity contribution in [2.75, 3.05) is 39.2 Å². The molecule has 3 aromatic rings. The Hall–Kier alpha value is -4.31. The van der Waals surface area contributed by atoms with E-state index in [0.717, 1.165) is 0 Å². The molecule has 41 heavy (non-hydrogen) atoms. The molecule has 0 aliphatic carbocycles. The third kappa shape index (κ3) is 6.71. The molecule has 10 heteroatoms. The molecule has 0 fully saturated rings. The van der Waals surface area contributed by atoms with E-state index in [9.17, 15) is 23.2 Å². The standard InChI is InChI=1S/C31H33F2N3O5/c1-19-16-36(31(39)23-10-6-8-12-26(23)33)20(2)18-41-27-15-21(34-29(37)22-9-5-7-11-25(22)32)13-14-24(27)30(38)35(3)17-28(19)40-4/h5-15,19-20,28H,16-18H2,1-4H3,(H,34,37)/t19-,20+,28-/m0/s1. The van der Waals surface area contributed by atoms with Crippen LogP contribution >= 0.6 is 0 Å². The summed E-state index contributed by atoms with van der Waals surface area (Å²) < 4.78 is 40.5. The average Bonchev–Trinajstić information content (AvgIpc) is 2.96. The Morgan fingerprint density at radius 1 is 0.951 bits per heavy atom. The molecule has 216 valence electrons. The molecule has 0 unspecified atom stereocenters. The zero-order valence-corrected chi connectivity index (χ0v) is 23.4. The van der Waals surface area contributed by atoms with Crippen LogP contribution in [-0.2, 0) is 4.74 Å². The quantitative estimate of drug-likeness (QED) is 0.488. The Labute approximate surface area is 237 Å². The molecule has 3 aromatic carbocycles. The normalized spacial score (nSPS) is 19.9. The molecule has 1 N–H and O–H groups in total. The predicted octanol–water partition coefficient (Wildman–Crippen LogP) is 4.86. The molecule has 0 radical (unpaired) electrons. The van der Waals surface area contributed by atoms with Gasteiger partial charge in [0.25, 0.3) is 17.7 Å². The minimum atomic E-state index is -0.667. The van der Waals surface area contributed by atoms with Crippen molar-refractivity contribution in [2.45, 2.75) is 26.0 Å². The van der Waals surface area contributed by atoms with Crippen molar-refractivity contribution < 1.29 is 32.6 Å². The number of amides is 3. The number of carbonyl (C=O) groups excluding carboxylic acids is 3. The van der Waals surface area contributed by atoms with Crippen LogP contribution in [0.1, 0.15) is 44.9 Å². The number of nitrogens with zero attached hydrogens (tertiary/aromatic N) is 2. The second-order valence-electron chi connectivity index (χ2n) is 10.2. The molecular weight excluding hydrogens is 532 g/mol. The molecule has 3 amide bonds. The number of carbonyl (C=O) groups is 3. The van der Waals surface area contributed by atoms with Crippen molar-refractivity contribution >= 4 is 23.4 Å². The summed E-state index contributed by atoms with van der Waals surface area (Å²) in [5, 5.41) is 2.64. The summed E-state index contributed by atoms with van der Waals surface area (Å²) in [7, 11) is 3.18. The summed E-state index contributed by atoms with van der Waals surface area (Å²) in [5.41, 5.74) is 0.333. The van der Waals surface area contributed by atoms with Crippen LogP contribution in [0.2, 0.25) is 0 Å². The highest BCUT2D eigenvalue weighted by molar-refractivity contribution is 6.05. The van der Waals surface area contributed by atoms with E-state index in [1.165, 1.54) is 59.5 Å². The third-order valence-electron chi connectivity index (χ3n) is 7.19. The number of nitrogens with one attached hydrogen (secondary N) is 1. The maximum absolute atomic E-state index is 14.6. The molecule has 4 rings (SSSR count). The SMILES string of the molecule is CO[C@H]1CN(C)C(=O)c2ccc(NC(=O)c3ccccc3F)cc2OC[C@@H](C)N(C(=O)c2ccccc2F)C[C@@H]1C. The van der Waals surface area contributed by atoms with Crippen LogP contribution < -0.4 is 10.1 Å². The van der Waals surface area contributed by atoms with Crippen LogP contribution in [0.4, 0.5) is 14.5 Å². The topological polar surface area (TPSA) is 88.2 Å². The Kier molecular flexibility index (Phi) is 9.34. The summed E-state index contributed by atoms with van der Waals surface area (Å²) in [6.45, 7) is 4.10. The molecule has 0 saturated heterocycles. The maximum Gasteiger partial charge on any atom is 0.258 e. The first-order chi connectivity index (χ1) is 19.6. The molecular formula is C31H33F2N3O5. The van der Waals surface area contributed by atoms with Crippen molar-refractivity contribution in [1.82, 2.24) is 9.80 Å². The van der Waals surface area contributed by atoms with Gasteiger partial charge in [0.1, 0.15) is 24.0 Å². The van der Waals surface area contributed by atoms with Crippen molar-refractivity contribution in [3.63, 3.8) is 0 Å². The highest BCUT2D eigenvalue weighted by Gasteiger charge is 2.31. The van der Waals surface area contributed by atoms with Crippen LogP contribution in [0.15, 0.2) is 66.7 Å². The van der Waals surface area contributed by atoms with Crippen molar-refractivity contribution in [3.8, 4) is 5.75 Å². The monoisotopic (exact) mass is 565 g/mol. The molecule has 1 aliphatic heterocycles. The van der Waals surface area contributed by atoms with Gasteiger partial charge >= 0.3 is 0 Å². The van der Waals surface area contributed by atoms with Gasteiger partial charge in [0.2, 0.25) is 0 Å². The highest BCUT2D eigenvalue weighted by atomic mass is 19.1. The van der Waals surface area contributed by atoms with E-state index in [1.807, 2.05) is 6.92 Å². The van der Waals surface area contributed by atoms with E-state index >= 15 is 0 Å². The number of halogens is 2. The highest BCUT2D eigenvalue weighted by Crippen LogP contribution is 2.28. The summed E-state index contributed by atoms with van der Waals surface area (Å²) in [6.07, 6.45) is -0.421. The number of fused-ring (bicyclic) bond motifs is 1. The number of hydrogen-bond acceptors (Lipinski definition) is 5. The zero-order valence-electron chi connectivity index (χ0n) is 23.4. The van der Waals surface area contributed by atoms with Crippen LogP contribution in [0.25, 0.3) is 0 Å². The van der Waals surface area contributed by atoms with Gasteiger partial charge in [0.15, 0.2) is 0 Å². The zero-order chi connectivity index (χ0) is 29.7. The molecule has 1 heterocycles. The lowest BCUT2D eigenvalue weighted by molar-refractivity contribution is 0.0110. The molecule has 1 aliphatic rings. The van der Waals surface area contributed by atoms with Crippen LogP contribution in [0, 0.1) is 17.6 Å². The number of methoxy groups -OCH3 is 1. The number of benzene rings is 3. The molecule has 0 bridgehead atoms. The summed E-state index contributed by atoms with van der Waals surface area (Å²) >= 11 is 0. The molecule has 0 spiro atoms. The number of ether oxygens (including phenoxy) is 2. The Bertz CT molecular complexity index is 1430. The lowest BCUT2D eigenvalue weighted by Gasteiger charge is -2.36. The maximum atomic E-state index is 14.6. The second kappa shape index (κ2) is 12.9. The van der Waals surface area contributed by atoms with Gasteiger partial charge < -0.3 is 24.6 Å². The smallest absolute Gasteiger partial charge is 0.258 e. The lowest BCUT2D eigenvalue weighted by Crippen LogP contribution is -2.48. The fourth-order valence-electron chi connectivity index (χ4n) is 4.77. The van der Waals surface area contributed by atoms with Gasteiger partial charge in [0.05, 0.1) is 28.8 Å². The van der Waals surface area contributed by atoms with Gasteiger partial charge in [-0.2, -0.15) is 0 Å². The first-order valence-corrected chi connectivity index (χ1v) is 13.3. The Morgan fingerprint density at radius 2 is 1.59 bits per heavy atom.